The molecule has 5 heteroatoms. The van der Waals surface area contributed by atoms with Gasteiger partial charge in [-0.3, -0.25) is 9.69 Å². The highest BCUT2D eigenvalue weighted by molar-refractivity contribution is 6.00. The maximum atomic E-state index is 11.2. The Morgan fingerprint density at radius 3 is 2.26 bits per heavy atom. The number of carboxylic acid groups (broad SMARTS) is 1. The predicted octanol–water partition coefficient (Wildman–Crippen LogP) is 6.45. The Labute approximate surface area is 226 Å². The van der Waals surface area contributed by atoms with Gasteiger partial charge in [0, 0.05) is 25.3 Å². The molecule has 1 aliphatic carbocycles. The molecule has 1 heterocycles. The van der Waals surface area contributed by atoms with E-state index in [1.165, 1.54) is 39.1 Å². The van der Waals surface area contributed by atoms with Crippen LogP contribution in [0.25, 0.3) is 11.1 Å². The van der Waals surface area contributed by atoms with Crippen LogP contribution >= 0.6 is 0 Å². The third-order valence-corrected chi connectivity index (χ3v) is 7.84. The van der Waals surface area contributed by atoms with E-state index >= 15 is 0 Å². The van der Waals surface area contributed by atoms with Crippen LogP contribution in [0.2, 0.25) is 0 Å². The van der Waals surface area contributed by atoms with Gasteiger partial charge < -0.3 is 15.1 Å². The summed E-state index contributed by atoms with van der Waals surface area (Å²) in [6.45, 7) is 3.78. The minimum Gasteiger partial charge on any atom is -0.508 e. The number of nitrogens with zero attached hydrogens (tertiary/aromatic N) is 2. The Bertz CT molecular complexity index is 1270. The number of fused-ring (bicyclic) bond motifs is 1. The van der Waals surface area contributed by atoms with E-state index in [0.29, 0.717) is 5.75 Å². The molecular formula is C33H38N2O3. The molecule has 0 radical (unpaired) electrons. The summed E-state index contributed by atoms with van der Waals surface area (Å²) in [6.07, 6.45) is 7.23. The van der Waals surface area contributed by atoms with Crippen molar-refractivity contribution in [2.75, 3.05) is 37.6 Å². The molecule has 0 saturated carbocycles. The fourth-order valence-electron chi connectivity index (χ4n) is 6.00. The summed E-state index contributed by atoms with van der Waals surface area (Å²) < 4.78 is 0. The molecule has 3 aromatic carbocycles. The predicted molar refractivity (Wildman–Crippen MR) is 155 cm³/mol. The van der Waals surface area contributed by atoms with Crippen LogP contribution in [0.4, 0.5) is 5.69 Å². The molecule has 0 atom stereocenters. The van der Waals surface area contributed by atoms with Crippen LogP contribution in [-0.4, -0.2) is 53.8 Å². The molecular weight excluding hydrogens is 472 g/mol. The van der Waals surface area contributed by atoms with Gasteiger partial charge in [0.05, 0.1) is 6.54 Å². The monoisotopic (exact) mass is 510 g/mol. The van der Waals surface area contributed by atoms with E-state index in [0.717, 1.165) is 71.1 Å². The van der Waals surface area contributed by atoms with E-state index in [1.54, 1.807) is 6.07 Å². The van der Waals surface area contributed by atoms with Crippen molar-refractivity contribution in [2.24, 2.45) is 0 Å². The van der Waals surface area contributed by atoms with Gasteiger partial charge in [-0.25, -0.2) is 0 Å². The lowest BCUT2D eigenvalue weighted by molar-refractivity contribution is -0.138. The highest BCUT2D eigenvalue weighted by Gasteiger charge is 2.21. The van der Waals surface area contributed by atoms with Crippen LogP contribution in [0.3, 0.4) is 0 Å². The normalized spacial score (nSPS) is 17.5. The van der Waals surface area contributed by atoms with Crippen molar-refractivity contribution in [3.63, 3.8) is 0 Å². The number of phenols is 1. The molecule has 38 heavy (non-hydrogen) atoms. The van der Waals surface area contributed by atoms with Gasteiger partial charge in [0.25, 0.3) is 0 Å². The smallest absolute Gasteiger partial charge is 0.317 e. The van der Waals surface area contributed by atoms with E-state index < -0.39 is 5.97 Å². The van der Waals surface area contributed by atoms with Gasteiger partial charge in [-0.05, 0) is 103 Å². The van der Waals surface area contributed by atoms with Crippen LogP contribution in [0.15, 0.2) is 72.8 Å². The number of phenolic OH excluding ortho intramolecular Hbond substituents is 1. The Morgan fingerprint density at radius 1 is 0.737 bits per heavy atom. The molecule has 2 N–H and O–H groups in total. The molecule has 3 aromatic rings. The first-order valence-electron chi connectivity index (χ1n) is 14.0. The number of benzene rings is 3. The Kier molecular flexibility index (Phi) is 8.44. The highest BCUT2D eigenvalue weighted by atomic mass is 16.4. The van der Waals surface area contributed by atoms with E-state index in [4.69, 9.17) is 0 Å². The van der Waals surface area contributed by atoms with Crippen LogP contribution in [0.1, 0.15) is 60.8 Å². The zero-order chi connectivity index (χ0) is 26.3. The van der Waals surface area contributed by atoms with Gasteiger partial charge in [0.1, 0.15) is 5.75 Å². The highest BCUT2D eigenvalue weighted by Crippen LogP contribution is 2.41. The maximum Gasteiger partial charge on any atom is 0.317 e. The Hall–Kier alpha value is -3.57. The number of anilines is 1. The van der Waals surface area contributed by atoms with E-state index in [-0.39, 0.29) is 6.54 Å². The number of hydrogen-bond acceptors (Lipinski definition) is 4. The number of aliphatic carboxylic acids is 1. The molecule has 198 valence electrons. The van der Waals surface area contributed by atoms with Crippen LogP contribution < -0.4 is 4.90 Å². The van der Waals surface area contributed by atoms with Crippen LogP contribution in [0, 0.1) is 0 Å². The fourth-order valence-corrected chi connectivity index (χ4v) is 6.00. The lowest BCUT2D eigenvalue weighted by Gasteiger charge is -2.29. The minimum absolute atomic E-state index is 0.132. The van der Waals surface area contributed by atoms with Gasteiger partial charge in [0.2, 0.25) is 0 Å². The summed E-state index contributed by atoms with van der Waals surface area (Å²) in [5.41, 5.74) is 8.73. The Morgan fingerprint density at radius 2 is 1.47 bits per heavy atom. The second-order valence-electron chi connectivity index (χ2n) is 10.5. The second kappa shape index (κ2) is 12.3. The zero-order valence-electron chi connectivity index (χ0n) is 22.1. The summed E-state index contributed by atoms with van der Waals surface area (Å²) in [4.78, 5) is 15.8. The molecule has 0 unspecified atom stereocenters. The number of rotatable bonds is 5. The third-order valence-electron chi connectivity index (χ3n) is 7.84. The number of aryl methyl sites for hydroxylation is 1. The largest absolute Gasteiger partial charge is 0.508 e. The van der Waals surface area contributed by atoms with Crippen molar-refractivity contribution in [2.45, 2.75) is 44.9 Å². The molecule has 1 aliphatic heterocycles. The van der Waals surface area contributed by atoms with Crippen LogP contribution in [-0.2, 0) is 11.2 Å². The maximum absolute atomic E-state index is 11.2. The van der Waals surface area contributed by atoms with Gasteiger partial charge in [-0.15, -0.1) is 0 Å². The topological polar surface area (TPSA) is 64.0 Å². The molecule has 0 spiro atoms. The average molecular weight is 511 g/mol. The van der Waals surface area contributed by atoms with E-state index in [1.807, 2.05) is 6.07 Å². The first-order valence-corrected chi connectivity index (χ1v) is 14.0. The SMILES string of the molecule is O=C(O)CN1CCCCCN(c2ccc(C3=C(c4ccccc4)CCCc4cc(O)ccc43)cc2)CCC1. The summed E-state index contributed by atoms with van der Waals surface area (Å²) in [6, 6.07) is 25.5. The lowest BCUT2D eigenvalue weighted by Crippen LogP contribution is -2.35. The molecule has 2 aliphatic rings. The first kappa shape index (κ1) is 26.1. The van der Waals surface area contributed by atoms with Crippen molar-refractivity contribution in [1.29, 1.82) is 0 Å². The quantitative estimate of drug-likeness (QED) is 0.413. The summed E-state index contributed by atoms with van der Waals surface area (Å²) in [5, 5.41) is 19.4. The van der Waals surface area contributed by atoms with Crippen molar-refractivity contribution >= 4 is 22.8 Å². The standard InChI is InChI=1S/C33H38N2O3/c36-29-17-18-31-27(23-29)11-7-12-30(25-9-3-1-4-10-25)33(31)26-13-15-28(16-14-26)35-21-6-2-5-19-34(20-8-22-35)24-32(37)38/h1,3-4,9-10,13-18,23,36H,2,5-8,11-12,19-22,24H2,(H,37,38). The summed E-state index contributed by atoms with van der Waals surface area (Å²) in [5.74, 6) is -0.415. The van der Waals surface area contributed by atoms with Crippen LogP contribution in [0.5, 0.6) is 5.75 Å². The summed E-state index contributed by atoms with van der Waals surface area (Å²) >= 11 is 0. The molecule has 5 nitrogen and oxygen atoms in total. The van der Waals surface area contributed by atoms with Crippen molar-refractivity contribution in [1.82, 2.24) is 4.90 Å². The third kappa shape index (κ3) is 6.28. The second-order valence-corrected chi connectivity index (χ2v) is 10.5. The molecule has 1 saturated heterocycles. The minimum atomic E-state index is -0.742. The molecule has 0 bridgehead atoms. The Balaban J connectivity index is 1.45. The number of hydrogen-bond donors (Lipinski definition) is 2. The van der Waals surface area contributed by atoms with Gasteiger partial charge >= 0.3 is 5.97 Å². The van der Waals surface area contributed by atoms with E-state index in [2.05, 4.69) is 70.5 Å². The van der Waals surface area contributed by atoms with E-state index in [9.17, 15) is 15.0 Å². The number of carbonyl (C=O) groups is 1. The molecule has 0 aromatic heterocycles. The lowest BCUT2D eigenvalue weighted by atomic mass is 9.87. The molecule has 0 amide bonds. The summed E-state index contributed by atoms with van der Waals surface area (Å²) in [7, 11) is 0. The van der Waals surface area contributed by atoms with Gasteiger partial charge in [0.15, 0.2) is 0 Å². The average Bonchev–Trinajstić information content (AvgIpc) is 3.11. The molecule has 5 rings (SSSR count). The number of carboxylic acids is 1. The fraction of sp³-hybridized carbons (Fsp3) is 0.364. The van der Waals surface area contributed by atoms with Crippen molar-refractivity contribution < 1.29 is 15.0 Å². The van der Waals surface area contributed by atoms with Crippen molar-refractivity contribution in [3.8, 4) is 5.75 Å². The van der Waals surface area contributed by atoms with Crippen molar-refractivity contribution in [3.05, 3.63) is 95.1 Å². The van der Waals surface area contributed by atoms with Gasteiger partial charge in [-0.2, -0.15) is 0 Å². The zero-order valence-corrected chi connectivity index (χ0v) is 22.1. The number of aromatic hydroxyl groups is 1. The molecule has 1 fully saturated rings. The first-order chi connectivity index (χ1) is 18.6. The number of allylic oxidation sites excluding steroid dienone is 1. The van der Waals surface area contributed by atoms with Gasteiger partial charge in [-0.1, -0.05) is 55.0 Å².